The number of carbonyl (C=O) groups is 2. The van der Waals surface area contributed by atoms with Crippen molar-refractivity contribution in [3.8, 4) is 0 Å². The number of hydrogen-bond acceptors (Lipinski definition) is 4. The molecular formula is C27H42O4. The molecule has 174 valence electrons. The largest absolute Gasteiger partial charge is 0.393 e. The Morgan fingerprint density at radius 2 is 1.94 bits per heavy atom. The molecule has 0 aromatic rings. The second-order valence-electron chi connectivity index (χ2n) is 12.0. The van der Waals surface area contributed by atoms with E-state index in [0.29, 0.717) is 37.5 Å². The summed E-state index contributed by atoms with van der Waals surface area (Å²) in [4.78, 5) is 25.7. The van der Waals surface area contributed by atoms with Gasteiger partial charge in [-0.2, -0.15) is 0 Å². The molecule has 1 spiro atoms. The van der Waals surface area contributed by atoms with Crippen LogP contribution in [0.2, 0.25) is 0 Å². The minimum atomic E-state index is -0.538. The van der Waals surface area contributed by atoms with Gasteiger partial charge in [0.1, 0.15) is 18.0 Å². The van der Waals surface area contributed by atoms with Crippen molar-refractivity contribution >= 4 is 12.1 Å². The van der Waals surface area contributed by atoms with Gasteiger partial charge in [0, 0.05) is 12.8 Å². The molecule has 4 heteroatoms. The minimum Gasteiger partial charge on any atom is -0.393 e. The number of ether oxygens (including phenoxy) is 1. The van der Waals surface area contributed by atoms with Crippen LogP contribution in [0, 0.1) is 34.5 Å². The predicted octanol–water partition coefficient (Wildman–Crippen LogP) is 5.27. The zero-order chi connectivity index (χ0) is 22.6. The SMILES string of the molecule is CC(C)CCC[C@@H](C)C1CC[C@@H](C2=C[C@@H]3O[C@@]34C[C@@H](O)CC[C@]4(C)C2=O)[C@]1(C)CC=O. The highest BCUT2D eigenvalue weighted by molar-refractivity contribution is 6.03. The molecule has 8 atom stereocenters. The average molecular weight is 431 g/mol. The normalized spacial score (nSPS) is 45.1. The van der Waals surface area contributed by atoms with Crippen molar-refractivity contribution in [3.05, 3.63) is 11.6 Å². The van der Waals surface area contributed by atoms with Crippen LogP contribution < -0.4 is 0 Å². The molecule has 31 heavy (non-hydrogen) atoms. The van der Waals surface area contributed by atoms with Crippen LogP contribution in [0.1, 0.15) is 92.4 Å². The molecule has 4 aliphatic rings. The number of ketones is 1. The van der Waals surface area contributed by atoms with E-state index in [4.69, 9.17) is 4.74 Å². The van der Waals surface area contributed by atoms with Gasteiger partial charge < -0.3 is 14.6 Å². The van der Waals surface area contributed by atoms with E-state index in [1.54, 1.807) is 0 Å². The number of allylic oxidation sites excluding steroid dienone is 1. The summed E-state index contributed by atoms with van der Waals surface area (Å²) in [5.74, 6) is 2.11. The Kier molecular flexibility index (Phi) is 6.05. The third-order valence-electron chi connectivity index (χ3n) is 9.72. The molecule has 3 fully saturated rings. The highest BCUT2D eigenvalue weighted by atomic mass is 16.6. The third-order valence-corrected chi connectivity index (χ3v) is 9.72. The van der Waals surface area contributed by atoms with E-state index >= 15 is 0 Å². The first-order valence-electron chi connectivity index (χ1n) is 12.6. The number of carbonyl (C=O) groups excluding carboxylic acids is 2. The molecule has 1 N–H and O–H groups in total. The highest BCUT2D eigenvalue weighted by Gasteiger charge is 2.73. The third kappa shape index (κ3) is 3.57. The summed E-state index contributed by atoms with van der Waals surface area (Å²) in [5.41, 5.74) is -0.267. The quantitative estimate of drug-likeness (QED) is 0.421. The van der Waals surface area contributed by atoms with E-state index in [-0.39, 0.29) is 29.3 Å². The lowest BCUT2D eigenvalue weighted by Crippen LogP contribution is -2.53. The number of hydrogen-bond donors (Lipinski definition) is 1. The average Bonchev–Trinajstić information content (AvgIpc) is 3.29. The molecule has 0 aromatic carbocycles. The molecule has 1 heterocycles. The maximum atomic E-state index is 13.9. The fourth-order valence-electron chi connectivity index (χ4n) is 7.68. The standard InChI is InChI=1S/C27H42O4/c1-17(2)7-6-8-18(3)21-9-10-22(25(21,4)13-14-28)20-15-23-27(31-23)16-19(29)11-12-26(27,5)24(20)30/h14-15,17-19,21-23,29H,6-13,16H2,1-5H3/t18-,19+,21?,22+,23+,25-,26-,27+/m1/s1. The zero-order valence-corrected chi connectivity index (χ0v) is 20.2. The van der Waals surface area contributed by atoms with Crippen LogP contribution in [0.4, 0.5) is 0 Å². The smallest absolute Gasteiger partial charge is 0.167 e. The number of Topliss-reactive ketones (excluding diaryl/α,β-unsaturated/α-hetero) is 1. The van der Waals surface area contributed by atoms with Crippen LogP contribution in [0.25, 0.3) is 0 Å². The highest BCUT2D eigenvalue weighted by Crippen LogP contribution is 2.65. The molecule has 0 amide bonds. The molecule has 0 radical (unpaired) electrons. The molecule has 1 saturated heterocycles. The second-order valence-corrected chi connectivity index (χ2v) is 12.0. The van der Waals surface area contributed by atoms with E-state index in [0.717, 1.165) is 30.6 Å². The summed E-state index contributed by atoms with van der Waals surface area (Å²) >= 11 is 0. The van der Waals surface area contributed by atoms with E-state index < -0.39 is 11.0 Å². The molecular weight excluding hydrogens is 388 g/mol. The van der Waals surface area contributed by atoms with Crippen LogP contribution in [-0.4, -0.2) is 35.0 Å². The molecule has 0 aromatic heterocycles. The van der Waals surface area contributed by atoms with Crippen LogP contribution in [0.15, 0.2) is 11.6 Å². The lowest BCUT2D eigenvalue weighted by Gasteiger charge is -2.46. The lowest BCUT2D eigenvalue weighted by molar-refractivity contribution is -0.134. The van der Waals surface area contributed by atoms with E-state index in [2.05, 4.69) is 40.7 Å². The molecule has 2 saturated carbocycles. The summed E-state index contributed by atoms with van der Waals surface area (Å²) < 4.78 is 6.15. The monoisotopic (exact) mass is 430 g/mol. The van der Waals surface area contributed by atoms with Gasteiger partial charge in [-0.3, -0.25) is 4.79 Å². The number of rotatable bonds is 8. The first-order chi connectivity index (χ1) is 14.6. The number of epoxide rings is 1. The van der Waals surface area contributed by atoms with E-state index in [1.807, 2.05) is 0 Å². The van der Waals surface area contributed by atoms with Gasteiger partial charge in [0.25, 0.3) is 0 Å². The fraction of sp³-hybridized carbons (Fsp3) is 0.852. The maximum Gasteiger partial charge on any atom is 0.167 e. The van der Waals surface area contributed by atoms with Gasteiger partial charge in [-0.25, -0.2) is 0 Å². The van der Waals surface area contributed by atoms with Crippen molar-refractivity contribution in [2.24, 2.45) is 34.5 Å². The van der Waals surface area contributed by atoms with Crippen molar-refractivity contribution in [2.75, 3.05) is 0 Å². The molecule has 0 bridgehead atoms. The van der Waals surface area contributed by atoms with Crippen molar-refractivity contribution in [1.29, 1.82) is 0 Å². The number of aliphatic hydroxyl groups is 1. The van der Waals surface area contributed by atoms with Crippen molar-refractivity contribution in [1.82, 2.24) is 0 Å². The summed E-state index contributed by atoms with van der Waals surface area (Å²) in [6.07, 6.45) is 10.9. The molecule has 4 nitrogen and oxygen atoms in total. The topological polar surface area (TPSA) is 66.9 Å². The van der Waals surface area contributed by atoms with Gasteiger partial charge in [-0.05, 0) is 73.3 Å². The van der Waals surface area contributed by atoms with Crippen molar-refractivity contribution in [3.63, 3.8) is 0 Å². The van der Waals surface area contributed by atoms with Crippen LogP contribution >= 0.6 is 0 Å². The van der Waals surface area contributed by atoms with Gasteiger partial charge in [-0.1, -0.05) is 47.0 Å². The first-order valence-corrected chi connectivity index (χ1v) is 12.6. The Morgan fingerprint density at radius 3 is 2.61 bits per heavy atom. The minimum absolute atomic E-state index is 0.0526. The fourth-order valence-corrected chi connectivity index (χ4v) is 7.68. The molecule has 4 rings (SSSR count). The van der Waals surface area contributed by atoms with Crippen molar-refractivity contribution in [2.45, 2.75) is 110 Å². The maximum absolute atomic E-state index is 13.9. The van der Waals surface area contributed by atoms with Gasteiger partial charge in [0.05, 0.1) is 11.5 Å². The molecule has 3 aliphatic carbocycles. The van der Waals surface area contributed by atoms with E-state index in [9.17, 15) is 14.7 Å². The predicted molar refractivity (Wildman–Crippen MR) is 122 cm³/mol. The summed E-state index contributed by atoms with van der Waals surface area (Å²) in [7, 11) is 0. The van der Waals surface area contributed by atoms with Crippen molar-refractivity contribution < 1.29 is 19.4 Å². The summed E-state index contributed by atoms with van der Waals surface area (Å²) in [6, 6.07) is 0. The first kappa shape index (κ1) is 23.2. The molecule has 1 aliphatic heterocycles. The Bertz CT molecular complexity index is 756. The lowest BCUT2D eigenvalue weighted by atomic mass is 9.55. The zero-order valence-electron chi connectivity index (χ0n) is 20.2. The van der Waals surface area contributed by atoms with Crippen LogP contribution in [0.3, 0.4) is 0 Å². The Morgan fingerprint density at radius 1 is 1.19 bits per heavy atom. The van der Waals surface area contributed by atoms with Gasteiger partial charge >= 0.3 is 0 Å². The number of aliphatic hydroxyl groups excluding tert-OH is 1. The van der Waals surface area contributed by atoms with Gasteiger partial charge in [-0.15, -0.1) is 0 Å². The van der Waals surface area contributed by atoms with Gasteiger partial charge in [0.2, 0.25) is 0 Å². The Labute approximate surface area is 188 Å². The Balaban J connectivity index is 1.58. The summed E-state index contributed by atoms with van der Waals surface area (Å²) in [5, 5.41) is 10.2. The number of aldehydes is 1. The van der Waals surface area contributed by atoms with E-state index in [1.165, 1.54) is 19.3 Å². The summed E-state index contributed by atoms with van der Waals surface area (Å²) in [6.45, 7) is 11.2. The van der Waals surface area contributed by atoms with Gasteiger partial charge in [0.15, 0.2) is 5.78 Å². The van der Waals surface area contributed by atoms with Crippen LogP contribution in [-0.2, 0) is 14.3 Å². The Hall–Kier alpha value is -1.00. The van der Waals surface area contributed by atoms with Crippen LogP contribution in [0.5, 0.6) is 0 Å². The molecule has 1 unspecified atom stereocenters. The second kappa shape index (κ2) is 8.09.